The van der Waals surface area contributed by atoms with E-state index in [1.807, 2.05) is 0 Å². The van der Waals surface area contributed by atoms with E-state index >= 15 is 0 Å². The summed E-state index contributed by atoms with van der Waals surface area (Å²) < 4.78 is 3.48. The van der Waals surface area contributed by atoms with Gasteiger partial charge in [0.25, 0.3) is 0 Å². The Morgan fingerprint density at radius 2 is 1.83 bits per heavy atom. The third-order valence-electron chi connectivity index (χ3n) is 3.10. The second kappa shape index (κ2) is 6.91. The van der Waals surface area contributed by atoms with Crippen LogP contribution in [0.15, 0.2) is 24.3 Å². The van der Waals surface area contributed by atoms with Gasteiger partial charge in [0.15, 0.2) is 12.8 Å². The van der Waals surface area contributed by atoms with Crippen molar-refractivity contribution in [1.29, 1.82) is 0 Å². The van der Waals surface area contributed by atoms with Crippen LogP contribution in [-0.4, -0.2) is 62.4 Å². The minimum atomic E-state index is 1.03. The molecule has 100 valence electrons. The molecule has 0 bridgehead atoms. The third-order valence-corrected chi connectivity index (χ3v) is 3.10. The molecule has 0 unspecified atom stereocenters. The number of benzene rings is 1. The molecule has 1 aliphatic heterocycles. The van der Waals surface area contributed by atoms with E-state index in [0.717, 1.165) is 17.6 Å². The first-order valence-electron chi connectivity index (χ1n) is 6.40. The normalized spacial score (nSPS) is 14.2. The highest BCUT2D eigenvalue weighted by Crippen LogP contribution is 2.11. The van der Waals surface area contributed by atoms with Crippen LogP contribution in [0.5, 0.6) is 0 Å². The molecular weight excluding hydrogens is 244 g/mol. The number of halogens is 1. The van der Waals surface area contributed by atoms with Crippen LogP contribution in [0, 0.1) is 0 Å². The fourth-order valence-corrected chi connectivity index (χ4v) is 2.02. The molecule has 0 amide bonds. The smallest absolute Gasteiger partial charge is 0.191 e. The number of alkyl halides is 1. The second-order valence-corrected chi connectivity index (χ2v) is 5.63. The molecule has 2 rings (SSSR count). The fourth-order valence-electron chi connectivity index (χ4n) is 2.02. The summed E-state index contributed by atoms with van der Waals surface area (Å²) >= 11 is 4.64. The summed E-state index contributed by atoms with van der Waals surface area (Å²) in [6.45, 7) is 3.51. The molecule has 0 atom stereocenters. The summed E-state index contributed by atoms with van der Waals surface area (Å²) in [6.07, 6.45) is 4.97. The lowest BCUT2D eigenvalue weighted by Gasteiger charge is -2.23. The first-order chi connectivity index (χ1) is 8.54. The van der Waals surface area contributed by atoms with Gasteiger partial charge < -0.3 is 4.48 Å². The summed E-state index contributed by atoms with van der Waals surface area (Å²) in [5.74, 6) is 0. The van der Waals surface area contributed by atoms with E-state index in [9.17, 15) is 0 Å². The molecule has 1 aromatic rings. The number of fused-ring (bicyclic) bond motifs is 1. The molecule has 0 saturated carbocycles. The van der Waals surface area contributed by atoms with Crippen LogP contribution in [0.25, 0.3) is 0 Å². The molecule has 1 heterocycles. The lowest BCUT2D eigenvalue weighted by atomic mass is 10.0. The van der Waals surface area contributed by atoms with Gasteiger partial charge >= 0.3 is 0 Å². The second-order valence-electron chi connectivity index (χ2n) is 5.63. The molecule has 0 radical (unpaired) electrons. The summed E-state index contributed by atoms with van der Waals surface area (Å²) in [7, 11) is 6.74. The third kappa shape index (κ3) is 4.79. The van der Waals surface area contributed by atoms with Crippen LogP contribution in [0.2, 0.25) is 0 Å². The van der Waals surface area contributed by atoms with Crippen LogP contribution in [-0.2, 0) is 6.42 Å². The standard InChI is InChI=1S/C14H22N2.CH3Cl/c1-16(2,3)11-10-15-9-8-13-6-4-5-7-14(13)12-15;1-2/h4-7,12H,8-11H2,1-3H3;1H3/q+2;. The molecular formula is C15H25ClN2+2. The maximum Gasteiger partial charge on any atom is 0.191 e. The number of hydrogen-bond donors (Lipinski definition) is 0. The van der Waals surface area contributed by atoms with Gasteiger partial charge in [-0.1, -0.05) is 18.2 Å². The Morgan fingerprint density at radius 3 is 2.50 bits per heavy atom. The number of likely N-dealkylation sites (N-methyl/N-ethyl adjacent to an activating group) is 1. The Bertz CT molecular complexity index is 405. The van der Waals surface area contributed by atoms with Gasteiger partial charge in [-0.25, -0.2) is 4.58 Å². The molecule has 0 N–H and O–H groups in total. The molecule has 0 aromatic heterocycles. The number of hydrogen-bond acceptors (Lipinski definition) is 0. The van der Waals surface area contributed by atoms with Gasteiger partial charge in [0.05, 0.1) is 21.1 Å². The molecule has 1 aromatic carbocycles. The zero-order valence-corrected chi connectivity index (χ0v) is 12.7. The van der Waals surface area contributed by atoms with Crippen LogP contribution in [0.4, 0.5) is 0 Å². The molecule has 1 aliphatic rings. The summed E-state index contributed by atoms with van der Waals surface area (Å²) in [6, 6.07) is 8.71. The van der Waals surface area contributed by atoms with E-state index in [4.69, 9.17) is 0 Å². The van der Waals surface area contributed by atoms with Gasteiger partial charge in [0.1, 0.15) is 13.1 Å². The van der Waals surface area contributed by atoms with E-state index < -0.39 is 0 Å². The van der Waals surface area contributed by atoms with Crippen molar-refractivity contribution in [2.75, 3.05) is 47.2 Å². The van der Waals surface area contributed by atoms with Gasteiger partial charge in [0.2, 0.25) is 0 Å². The van der Waals surface area contributed by atoms with Gasteiger partial charge in [0, 0.05) is 18.4 Å². The van der Waals surface area contributed by atoms with Gasteiger partial charge in [-0.15, -0.1) is 11.6 Å². The van der Waals surface area contributed by atoms with Crippen LogP contribution in [0.1, 0.15) is 11.1 Å². The maximum absolute atomic E-state index is 4.64. The number of rotatable bonds is 3. The minimum Gasteiger partial charge on any atom is -0.326 e. The SMILES string of the molecule is CCl.C[N+](C)(C)CC[N+]1=Cc2ccccc2CC1. The van der Waals surface area contributed by atoms with E-state index in [2.05, 4.69) is 67.8 Å². The van der Waals surface area contributed by atoms with Crippen molar-refractivity contribution in [2.45, 2.75) is 6.42 Å². The topological polar surface area (TPSA) is 3.01 Å². The molecule has 0 fully saturated rings. The van der Waals surface area contributed by atoms with E-state index in [-0.39, 0.29) is 0 Å². The van der Waals surface area contributed by atoms with Crippen LogP contribution >= 0.6 is 11.6 Å². The summed E-state index contributed by atoms with van der Waals surface area (Å²) in [5, 5.41) is 0. The lowest BCUT2D eigenvalue weighted by molar-refractivity contribution is -0.878. The fraction of sp³-hybridized carbons (Fsp3) is 0.533. The summed E-state index contributed by atoms with van der Waals surface area (Å²) in [5.41, 5.74) is 2.89. The predicted octanol–water partition coefficient (Wildman–Crippen LogP) is 2.24. The van der Waals surface area contributed by atoms with Crippen LogP contribution < -0.4 is 0 Å². The lowest BCUT2D eigenvalue weighted by Crippen LogP contribution is -2.40. The van der Waals surface area contributed by atoms with Crippen molar-refractivity contribution in [3.63, 3.8) is 0 Å². The average molecular weight is 269 g/mol. The molecule has 0 saturated heterocycles. The number of quaternary nitrogens is 1. The molecule has 18 heavy (non-hydrogen) atoms. The van der Waals surface area contributed by atoms with Crippen LogP contribution in [0.3, 0.4) is 0 Å². The maximum atomic E-state index is 4.64. The van der Waals surface area contributed by atoms with Gasteiger partial charge in [-0.2, -0.15) is 0 Å². The monoisotopic (exact) mass is 268 g/mol. The molecule has 3 heteroatoms. The Balaban J connectivity index is 0.000000771. The Morgan fingerprint density at radius 1 is 1.17 bits per heavy atom. The minimum absolute atomic E-state index is 1.03. The number of nitrogens with zero attached hydrogens (tertiary/aromatic N) is 2. The van der Waals surface area contributed by atoms with Crippen molar-refractivity contribution in [3.8, 4) is 0 Å². The van der Waals surface area contributed by atoms with Crippen molar-refractivity contribution >= 4 is 17.8 Å². The van der Waals surface area contributed by atoms with Gasteiger partial charge in [-0.05, 0) is 11.6 Å². The zero-order valence-electron chi connectivity index (χ0n) is 12.0. The highest BCUT2D eigenvalue weighted by Gasteiger charge is 2.17. The van der Waals surface area contributed by atoms with Gasteiger partial charge in [-0.3, -0.25) is 0 Å². The molecule has 0 spiro atoms. The summed E-state index contributed by atoms with van der Waals surface area (Å²) in [4.78, 5) is 0. The molecule has 0 aliphatic carbocycles. The average Bonchev–Trinajstić information content (AvgIpc) is 2.38. The highest BCUT2D eigenvalue weighted by molar-refractivity contribution is 6.15. The largest absolute Gasteiger partial charge is 0.326 e. The first kappa shape index (κ1) is 15.2. The Labute approximate surface area is 116 Å². The Kier molecular flexibility index (Phi) is 5.83. The predicted molar refractivity (Wildman–Crippen MR) is 80.0 cm³/mol. The zero-order chi connectivity index (χ0) is 13.6. The van der Waals surface area contributed by atoms with Crippen molar-refractivity contribution < 1.29 is 9.06 Å². The quantitative estimate of drug-likeness (QED) is 0.449. The highest BCUT2D eigenvalue weighted by atomic mass is 35.5. The van der Waals surface area contributed by atoms with Crippen molar-refractivity contribution in [1.82, 2.24) is 0 Å². The van der Waals surface area contributed by atoms with Crippen molar-refractivity contribution in [3.05, 3.63) is 35.4 Å². The van der Waals surface area contributed by atoms with E-state index in [1.165, 1.54) is 30.5 Å². The van der Waals surface area contributed by atoms with E-state index in [0.29, 0.717) is 0 Å². The first-order valence-corrected chi connectivity index (χ1v) is 7.15. The Hall–Kier alpha value is -0.860. The van der Waals surface area contributed by atoms with E-state index in [1.54, 1.807) is 0 Å². The molecule has 2 nitrogen and oxygen atoms in total. The van der Waals surface area contributed by atoms with Crippen molar-refractivity contribution in [2.24, 2.45) is 0 Å².